The van der Waals surface area contributed by atoms with Crippen LogP contribution in [0.4, 0.5) is 24.5 Å². The van der Waals surface area contributed by atoms with Crippen LogP contribution in [-0.4, -0.2) is 0 Å². The Bertz CT molecular complexity index is 698. The molecule has 0 fully saturated rings. The summed E-state index contributed by atoms with van der Waals surface area (Å²) in [6, 6.07) is 9.25. The number of hydrogen-bond acceptors (Lipinski definition) is 2. The molecule has 3 rings (SSSR count). The first-order valence-electron chi connectivity index (χ1n) is 6.35. The van der Waals surface area contributed by atoms with E-state index in [9.17, 15) is 13.2 Å². The quantitative estimate of drug-likeness (QED) is 0.788. The topological polar surface area (TPSA) is 29.3 Å². The Hall–Kier alpha value is -1.88. The molecule has 1 aliphatic rings. The average Bonchev–Trinajstić information content (AvgIpc) is 2.82. The van der Waals surface area contributed by atoms with Gasteiger partial charge in [-0.1, -0.05) is 29.8 Å². The van der Waals surface area contributed by atoms with E-state index in [1.807, 2.05) is 6.07 Å². The number of anilines is 2. The van der Waals surface area contributed by atoms with Crippen LogP contribution in [0, 0.1) is 0 Å². The molecule has 2 aromatic rings. The largest absolute Gasteiger partial charge is 0.418 e. The van der Waals surface area contributed by atoms with E-state index in [0.717, 1.165) is 17.2 Å². The molecule has 0 saturated heterocycles. The van der Waals surface area contributed by atoms with Crippen LogP contribution >= 0.6 is 11.6 Å². The van der Waals surface area contributed by atoms with E-state index >= 15 is 0 Å². The van der Waals surface area contributed by atoms with Gasteiger partial charge in [0.2, 0.25) is 0 Å². The molecule has 0 aromatic heterocycles. The number of fused-ring (bicyclic) bond motifs is 1. The third-order valence-corrected chi connectivity index (χ3v) is 3.93. The number of hydrogen-bond donors (Lipinski definition) is 1. The molecule has 21 heavy (non-hydrogen) atoms. The summed E-state index contributed by atoms with van der Waals surface area (Å²) in [5.41, 5.74) is 7.58. The first kappa shape index (κ1) is 14.1. The smallest absolute Gasteiger partial charge is 0.398 e. The molecular weight excluding hydrogens is 301 g/mol. The minimum Gasteiger partial charge on any atom is -0.398 e. The summed E-state index contributed by atoms with van der Waals surface area (Å²) in [6.45, 7) is 0.696. The van der Waals surface area contributed by atoms with Gasteiger partial charge in [-0.05, 0) is 29.3 Å². The van der Waals surface area contributed by atoms with E-state index < -0.39 is 11.7 Å². The van der Waals surface area contributed by atoms with Crippen molar-refractivity contribution in [2.45, 2.75) is 19.3 Å². The second kappa shape index (κ2) is 4.84. The standard InChI is InChI=1S/C15H12ClF3N2/c16-12-5-2-4-11(15(17,18)19)14(12)21-7-9-3-1-6-13(20)10(9)8-21/h1-6H,7-8,20H2. The van der Waals surface area contributed by atoms with Crippen LogP contribution in [-0.2, 0) is 19.3 Å². The average molecular weight is 313 g/mol. The van der Waals surface area contributed by atoms with Gasteiger partial charge in [0, 0.05) is 18.8 Å². The molecule has 0 saturated carbocycles. The minimum absolute atomic E-state index is 0.0160. The van der Waals surface area contributed by atoms with E-state index in [1.54, 1.807) is 17.0 Å². The van der Waals surface area contributed by atoms with Crippen molar-refractivity contribution < 1.29 is 13.2 Å². The number of rotatable bonds is 1. The highest BCUT2D eigenvalue weighted by Crippen LogP contribution is 2.43. The summed E-state index contributed by atoms with van der Waals surface area (Å²) in [5, 5.41) is 0.0937. The number of para-hydroxylation sites is 1. The zero-order valence-electron chi connectivity index (χ0n) is 10.9. The fourth-order valence-corrected chi connectivity index (χ4v) is 2.97. The van der Waals surface area contributed by atoms with Gasteiger partial charge < -0.3 is 10.6 Å². The Morgan fingerprint density at radius 2 is 1.76 bits per heavy atom. The molecule has 0 bridgehead atoms. The van der Waals surface area contributed by atoms with Crippen molar-refractivity contribution in [3.8, 4) is 0 Å². The second-order valence-electron chi connectivity index (χ2n) is 4.97. The Balaban J connectivity index is 2.06. The van der Waals surface area contributed by atoms with Gasteiger partial charge in [0.15, 0.2) is 0 Å². The third kappa shape index (κ3) is 2.42. The van der Waals surface area contributed by atoms with Crippen molar-refractivity contribution in [1.29, 1.82) is 0 Å². The Morgan fingerprint density at radius 3 is 2.43 bits per heavy atom. The monoisotopic (exact) mass is 312 g/mol. The van der Waals surface area contributed by atoms with Crippen molar-refractivity contribution in [2.75, 3.05) is 10.6 Å². The van der Waals surface area contributed by atoms with Gasteiger partial charge >= 0.3 is 6.18 Å². The number of halogens is 4. The maximum absolute atomic E-state index is 13.2. The number of alkyl halides is 3. The van der Waals surface area contributed by atoms with Gasteiger partial charge in [-0.2, -0.15) is 13.2 Å². The highest BCUT2D eigenvalue weighted by molar-refractivity contribution is 6.33. The lowest BCUT2D eigenvalue weighted by Gasteiger charge is -2.24. The fraction of sp³-hybridized carbons (Fsp3) is 0.200. The summed E-state index contributed by atoms with van der Waals surface area (Å²) in [6.07, 6.45) is -4.44. The van der Waals surface area contributed by atoms with E-state index in [2.05, 4.69) is 0 Å². The summed E-state index contributed by atoms with van der Waals surface area (Å²) >= 11 is 6.03. The first-order chi connectivity index (χ1) is 9.88. The predicted molar refractivity (Wildman–Crippen MR) is 77.2 cm³/mol. The number of nitrogens with two attached hydrogens (primary N) is 1. The molecule has 2 N–H and O–H groups in total. The van der Waals surface area contributed by atoms with Crippen molar-refractivity contribution in [3.05, 3.63) is 58.1 Å². The van der Waals surface area contributed by atoms with Crippen LogP contribution in [0.15, 0.2) is 36.4 Å². The number of benzene rings is 2. The molecular formula is C15H12ClF3N2. The fourth-order valence-electron chi connectivity index (χ4n) is 2.67. The lowest BCUT2D eigenvalue weighted by Crippen LogP contribution is -2.20. The van der Waals surface area contributed by atoms with Crippen molar-refractivity contribution in [2.24, 2.45) is 0 Å². The maximum atomic E-state index is 13.2. The van der Waals surface area contributed by atoms with Gasteiger partial charge in [-0.25, -0.2) is 0 Å². The predicted octanol–water partition coefficient (Wildman–Crippen LogP) is 4.46. The zero-order valence-corrected chi connectivity index (χ0v) is 11.7. The highest BCUT2D eigenvalue weighted by atomic mass is 35.5. The molecule has 1 aliphatic heterocycles. The maximum Gasteiger partial charge on any atom is 0.418 e. The number of nitrogen functional groups attached to an aromatic ring is 1. The molecule has 0 spiro atoms. The van der Waals surface area contributed by atoms with E-state index in [0.29, 0.717) is 18.8 Å². The molecule has 6 heteroatoms. The summed E-state index contributed by atoms with van der Waals surface area (Å²) in [4.78, 5) is 1.62. The Kier molecular flexibility index (Phi) is 3.24. The second-order valence-corrected chi connectivity index (χ2v) is 5.38. The van der Waals surface area contributed by atoms with Crippen LogP contribution < -0.4 is 10.6 Å². The first-order valence-corrected chi connectivity index (χ1v) is 6.72. The lowest BCUT2D eigenvalue weighted by atomic mass is 10.1. The molecule has 1 heterocycles. The van der Waals surface area contributed by atoms with Gasteiger partial charge in [-0.15, -0.1) is 0 Å². The van der Waals surface area contributed by atoms with Crippen molar-refractivity contribution >= 4 is 23.0 Å². The number of nitrogens with zero attached hydrogens (tertiary/aromatic N) is 1. The van der Waals surface area contributed by atoms with Crippen LogP contribution in [0.3, 0.4) is 0 Å². The molecule has 2 aromatic carbocycles. The van der Waals surface area contributed by atoms with Gasteiger partial charge in [0.25, 0.3) is 0 Å². The van der Waals surface area contributed by atoms with Crippen LogP contribution in [0.2, 0.25) is 5.02 Å². The van der Waals surface area contributed by atoms with Crippen LogP contribution in [0.25, 0.3) is 0 Å². The highest BCUT2D eigenvalue weighted by Gasteiger charge is 2.37. The molecule has 110 valence electrons. The van der Waals surface area contributed by atoms with Gasteiger partial charge in [-0.3, -0.25) is 0 Å². The summed E-state index contributed by atoms with van der Waals surface area (Å²) in [5.74, 6) is 0. The van der Waals surface area contributed by atoms with E-state index in [-0.39, 0.29) is 10.7 Å². The SMILES string of the molecule is Nc1cccc2c1CN(c1c(Cl)cccc1C(F)(F)F)C2. The normalized spacial score (nSPS) is 14.4. The Labute approximate surface area is 124 Å². The van der Waals surface area contributed by atoms with Gasteiger partial charge in [0.1, 0.15) is 0 Å². The molecule has 0 amide bonds. The summed E-state index contributed by atoms with van der Waals surface area (Å²) in [7, 11) is 0. The third-order valence-electron chi connectivity index (χ3n) is 3.63. The van der Waals surface area contributed by atoms with E-state index in [4.69, 9.17) is 17.3 Å². The van der Waals surface area contributed by atoms with Crippen LogP contribution in [0.1, 0.15) is 16.7 Å². The Morgan fingerprint density at radius 1 is 1.05 bits per heavy atom. The molecule has 0 unspecified atom stereocenters. The van der Waals surface area contributed by atoms with E-state index in [1.165, 1.54) is 12.1 Å². The minimum atomic E-state index is -4.44. The lowest BCUT2D eigenvalue weighted by molar-refractivity contribution is -0.137. The molecule has 2 nitrogen and oxygen atoms in total. The summed E-state index contributed by atoms with van der Waals surface area (Å²) < 4.78 is 39.5. The van der Waals surface area contributed by atoms with Crippen molar-refractivity contribution in [3.63, 3.8) is 0 Å². The molecule has 0 aliphatic carbocycles. The zero-order chi connectivity index (χ0) is 15.2. The van der Waals surface area contributed by atoms with Gasteiger partial charge in [0.05, 0.1) is 16.3 Å². The molecule has 0 radical (unpaired) electrons. The van der Waals surface area contributed by atoms with Crippen molar-refractivity contribution in [1.82, 2.24) is 0 Å². The molecule has 0 atom stereocenters. The van der Waals surface area contributed by atoms with Crippen LogP contribution in [0.5, 0.6) is 0 Å².